The van der Waals surface area contributed by atoms with E-state index in [-0.39, 0.29) is 11.5 Å². The van der Waals surface area contributed by atoms with Crippen LogP contribution in [0.15, 0.2) is 69.9 Å². The van der Waals surface area contributed by atoms with E-state index in [2.05, 4.69) is 10.6 Å². The number of nitrogens with one attached hydrogen (secondary N) is 3. The quantitative estimate of drug-likeness (QED) is 0.172. The number of anilines is 2. The van der Waals surface area contributed by atoms with Crippen molar-refractivity contribution in [2.24, 2.45) is 0 Å². The van der Waals surface area contributed by atoms with Crippen molar-refractivity contribution in [2.45, 2.75) is 53.2 Å². The van der Waals surface area contributed by atoms with Gasteiger partial charge in [-0.3, -0.25) is 4.79 Å². The summed E-state index contributed by atoms with van der Waals surface area (Å²) in [5.41, 5.74) is 5.23. The molecule has 0 aliphatic carbocycles. The van der Waals surface area contributed by atoms with Crippen LogP contribution in [0.4, 0.5) is 11.4 Å². The van der Waals surface area contributed by atoms with Crippen LogP contribution in [0.2, 0.25) is 0 Å². The third kappa shape index (κ3) is 6.03. The number of benzene rings is 3. The first-order valence-corrected chi connectivity index (χ1v) is 12.9. The summed E-state index contributed by atoms with van der Waals surface area (Å²) in [4.78, 5) is 26.2. The summed E-state index contributed by atoms with van der Waals surface area (Å²) in [6.07, 6.45) is 0. The molecule has 7 heteroatoms. The van der Waals surface area contributed by atoms with Gasteiger partial charge in [-0.05, 0) is 71.4 Å². The third-order valence-electron chi connectivity index (χ3n) is 6.36. The highest BCUT2D eigenvalue weighted by atomic mass is 16.6. The van der Waals surface area contributed by atoms with Crippen molar-refractivity contribution in [2.75, 3.05) is 17.7 Å². The fraction of sp³-hybridized carbons (Fsp3) is 0.281. The van der Waals surface area contributed by atoms with Crippen LogP contribution in [0.1, 0.15) is 67.7 Å². The summed E-state index contributed by atoms with van der Waals surface area (Å²) in [5.74, 6) is 0.0225. The van der Waals surface area contributed by atoms with Crippen molar-refractivity contribution < 1.29 is 13.9 Å². The molecule has 4 aromatic rings. The molecule has 7 nitrogen and oxygen atoms in total. The molecule has 0 amide bonds. The monoisotopic (exact) mass is 525 g/mol. The molecular weight excluding hydrogens is 490 g/mol. The smallest absolute Gasteiger partial charge is 0.340 e. The van der Waals surface area contributed by atoms with Gasteiger partial charge in [-0.2, -0.15) is 0 Å². The van der Waals surface area contributed by atoms with Gasteiger partial charge in [0.2, 0.25) is 0 Å². The molecule has 3 aromatic carbocycles. The third-order valence-corrected chi connectivity index (χ3v) is 6.36. The molecule has 1 aromatic heterocycles. The molecule has 0 aliphatic rings. The largest absolute Gasteiger partial charge is 0.456 e. The van der Waals surface area contributed by atoms with E-state index >= 15 is 0 Å². The number of fused-ring (bicyclic) bond motifs is 1. The molecule has 0 radical (unpaired) electrons. The SMILES string of the molecule is CNc1cc(-c2cc(=O)c3cc(C)cc(C(C)Nc4ccccc4C(=O)OC(C)(C)C)c3o2)ccc1C(C)=N. The minimum absolute atomic E-state index is 0.143. The Labute approximate surface area is 228 Å². The zero-order chi connectivity index (χ0) is 28.5. The van der Waals surface area contributed by atoms with Gasteiger partial charge in [-0.15, -0.1) is 0 Å². The average molecular weight is 526 g/mol. The van der Waals surface area contributed by atoms with Crippen molar-refractivity contribution in [3.05, 3.63) is 93.1 Å². The van der Waals surface area contributed by atoms with E-state index in [0.29, 0.717) is 33.7 Å². The van der Waals surface area contributed by atoms with E-state index in [1.807, 2.05) is 77.1 Å². The highest BCUT2D eigenvalue weighted by molar-refractivity contribution is 6.02. The molecule has 202 valence electrons. The van der Waals surface area contributed by atoms with Crippen LogP contribution in [-0.2, 0) is 4.74 Å². The summed E-state index contributed by atoms with van der Waals surface area (Å²) >= 11 is 0. The van der Waals surface area contributed by atoms with E-state index in [1.54, 1.807) is 26.1 Å². The summed E-state index contributed by atoms with van der Waals surface area (Å²) in [5, 5.41) is 15.1. The van der Waals surface area contributed by atoms with Crippen LogP contribution in [0.25, 0.3) is 22.3 Å². The molecular formula is C32H35N3O4. The van der Waals surface area contributed by atoms with E-state index < -0.39 is 11.6 Å². The first-order valence-electron chi connectivity index (χ1n) is 12.9. The van der Waals surface area contributed by atoms with E-state index in [9.17, 15) is 9.59 Å². The lowest BCUT2D eigenvalue weighted by atomic mass is 9.99. The van der Waals surface area contributed by atoms with Crippen LogP contribution < -0.4 is 16.1 Å². The Hall–Kier alpha value is -4.39. The van der Waals surface area contributed by atoms with Gasteiger partial charge in [0.15, 0.2) is 5.43 Å². The van der Waals surface area contributed by atoms with Crippen LogP contribution in [0.3, 0.4) is 0 Å². The fourth-order valence-electron chi connectivity index (χ4n) is 4.56. The van der Waals surface area contributed by atoms with Crippen molar-refractivity contribution in [1.29, 1.82) is 5.41 Å². The van der Waals surface area contributed by atoms with Gasteiger partial charge in [-0.1, -0.05) is 30.3 Å². The topological polar surface area (TPSA) is 104 Å². The lowest BCUT2D eigenvalue weighted by Gasteiger charge is -2.23. The van der Waals surface area contributed by atoms with Crippen LogP contribution in [-0.4, -0.2) is 24.3 Å². The van der Waals surface area contributed by atoms with Crippen LogP contribution in [0, 0.1) is 12.3 Å². The molecule has 0 bridgehead atoms. The predicted molar refractivity (Wildman–Crippen MR) is 158 cm³/mol. The zero-order valence-electron chi connectivity index (χ0n) is 23.5. The second kappa shape index (κ2) is 10.8. The van der Waals surface area contributed by atoms with Gasteiger partial charge in [0.05, 0.1) is 17.0 Å². The Morgan fingerprint density at radius 1 is 1.00 bits per heavy atom. The van der Waals surface area contributed by atoms with Crippen molar-refractivity contribution in [3.63, 3.8) is 0 Å². The van der Waals surface area contributed by atoms with Gasteiger partial charge < -0.3 is 25.2 Å². The molecule has 39 heavy (non-hydrogen) atoms. The fourth-order valence-corrected chi connectivity index (χ4v) is 4.56. The highest BCUT2D eigenvalue weighted by Gasteiger charge is 2.22. The van der Waals surface area contributed by atoms with E-state index in [1.165, 1.54) is 6.07 Å². The molecule has 0 fully saturated rings. The normalized spacial score (nSPS) is 12.2. The lowest BCUT2D eigenvalue weighted by Crippen LogP contribution is -2.24. The zero-order valence-corrected chi connectivity index (χ0v) is 23.5. The standard InChI is InChI=1S/C32H35N3O4/c1-18-14-24(20(3)35-26-11-9-8-10-23(26)31(37)39-32(4,5)6)30-25(15-18)28(36)17-29(38-30)21-12-13-22(19(2)33)27(16-21)34-7/h8-17,20,33-35H,1-7H3. The molecule has 0 saturated carbocycles. The molecule has 0 saturated heterocycles. The Morgan fingerprint density at radius 3 is 2.38 bits per heavy atom. The maximum Gasteiger partial charge on any atom is 0.340 e. The number of rotatable bonds is 7. The molecule has 0 spiro atoms. The van der Waals surface area contributed by atoms with Crippen LogP contribution in [0.5, 0.6) is 0 Å². The number of esters is 1. The van der Waals surface area contributed by atoms with Crippen molar-refractivity contribution in [1.82, 2.24) is 0 Å². The first kappa shape index (κ1) is 27.6. The highest BCUT2D eigenvalue weighted by Crippen LogP contribution is 2.33. The van der Waals surface area contributed by atoms with Crippen molar-refractivity contribution in [3.8, 4) is 11.3 Å². The molecule has 0 aliphatic heterocycles. The van der Waals surface area contributed by atoms with Gasteiger partial charge in [-0.25, -0.2) is 4.79 Å². The number of hydrogen-bond donors (Lipinski definition) is 3. The number of para-hydroxylation sites is 1. The van der Waals surface area contributed by atoms with Gasteiger partial charge in [0, 0.05) is 46.9 Å². The van der Waals surface area contributed by atoms with Gasteiger partial charge in [0.1, 0.15) is 16.9 Å². The minimum atomic E-state index is -0.620. The maximum absolute atomic E-state index is 13.3. The Kier molecular flexibility index (Phi) is 7.63. The Morgan fingerprint density at radius 2 is 1.72 bits per heavy atom. The summed E-state index contributed by atoms with van der Waals surface area (Å²) in [7, 11) is 1.80. The van der Waals surface area contributed by atoms with E-state index in [4.69, 9.17) is 14.6 Å². The number of aryl methyl sites for hydroxylation is 1. The second-order valence-corrected chi connectivity index (χ2v) is 10.8. The Balaban J connectivity index is 1.79. The lowest BCUT2D eigenvalue weighted by molar-refractivity contribution is 0.00706. The molecule has 1 unspecified atom stereocenters. The number of ether oxygens (including phenoxy) is 1. The van der Waals surface area contributed by atoms with Gasteiger partial charge >= 0.3 is 5.97 Å². The molecule has 4 rings (SSSR count). The maximum atomic E-state index is 13.3. The number of carbonyl (C=O) groups is 1. The molecule has 1 atom stereocenters. The van der Waals surface area contributed by atoms with Crippen molar-refractivity contribution >= 4 is 34.0 Å². The van der Waals surface area contributed by atoms with E-state index in [0.717, 1.165) is 27.9 Å². The average Bonchev–Trinajstić information content (AvgIpc) is 2.87. The summed E-state index contributed by atoms with van der Waals surface area (Å²) in [6.45, 7) is 11.1. The number of carbonyl (C=O) groups excluding carboxylic acids is 1. The van der Waals surface area contributed by atoms with Crippen LogP contribution >= 0.6 is 0 Å². The predicted octanol–water partition coefficient (Wildman–Crippen LogP) is 7.33. The van der Waals surface area contributed by atoms with Gasteiger partial charge in [0.25, 0.3) is 0 Å². The summed E-state index contributed by atoms with van der Waals surface area (Å²) in [6, 6.07) is 17.8. The first-order chi connectivity index (χ1) is 18.4. The Bertz CT molecular complexity index is 1630. The summed E-state index contributed by atoms with van der Waals surface area (Å²) < 4.78 is 12.0. The second-order valence-electron chi connectivity index (χ2n) is 10.8. The number of hydrogen-bond acceptors (Lipinski definition) is 7. The molecule has 3 N–H and O–H groups in total. The molecule has 1 heterocycles. The minimum Gasteiger partial charge on any atom is -0.456 e.